The Labute approximate surface area is 169 Å². The van der Waals surface area contributed by atoms with Crippen molar-refractivity contribution in [3.8, 4) is 0 Å². The maximum atomic E-state index is 12.3. The predicted molar refractivity (Wildman–Crippen MR) is 107 cm³/mol. The zero-order chi connectivity index (χ0) is 20.5. The van der Waals surface area contributed by atoms with E-state index in [1.165, 1.54) is 25.0 Å². The minimum atomic E-state index is -0.425. The number of hydrogen-bond acceptors (Lipinski definition) is 4. The molecule has 6 atom stereocenters. The van der Waals surface area contributed by atoms with Gasteiger partial charge in [0.1, 0.15) is 12.2 Å². The van der Waals surface area contributed by atoms with Crippen LogP contribution < -0.4 is 0 Å². The lowest BCUT2D eigenvalue weighted by molar-refractivity contribution is -0.153. The minimum absolute atomic E-state index is 0.0327. The van der Waals surface area contributed by atoms with Gasteiger partial charge in [-0.1, -0.05) is 41.5 Å². The number of carbonyl (C=O) groups is 2. The Bertz CT molecular complexity index is 660. The first-order valence-corrected chi connectivity index (χ1v) is 11.0. The van der Waals surface area contributed by atoms with E-state index in [0.29, 0.717) is 11.8 Å². The molecule has 4 bridgehead atoms. The Morgan fingerprint density at radius 1 is 0.714 bits per heavy atom. The van der Waals surface area contributed by atoms with Gasteiger partial charge in [0, 0.05) is 23.0 Å². The van der Waals surface area contributed by atoms with E-state index in [1.54, 1.807) is 0 Å². The topological polar surface area (TPSA) is 52.6 Å². The van der Waals surface area contributed by atoms with Crippen LogP contribution in [0.15, 0.2) is 12.2 Å². The zero-order valence-corrected chi connectivity index (χ0v) is 18.3. The van der Waals surface area contributed by atoms with Crippen LogP contribution in [-0.4, -0.2) is 24.1 Å². The fourth-order valence-electron chi connectivity index (χ4n) is 7.11. The van der Waals surface area contributed by atoms with E-state index < -0.39 is 11.9 Å². The van der Waals surface area contributed by atoms with E-state index >= 15 is 0 Å². The monoisotopic (exact) mass is 388 g/mol. The lowest BCUT2D eigenvalue weighted by Gasteiger charge is -2.38. The van der Waals surface area contributed by atoms with Gasteiger partial charge < -0.3 is 9.47 Å². The third-order valence-electron chi connectivity index (χ3n) is 10.3. The second-order valence-corrected chi connectivity index (χ2v) is 11.4. The van der Waals surface area contributed by atoms with Gasteiger partial charge in [-0.25, -0.2) is 9.59 Å². The van der Waals surface area contributed by atoms with Gasteiger partial charge >= 0.3 is 11.9 Å². The van der Waals surface area contributed by atoms with Crippen molar-refractivity contribution in [1.82, 2.24) is 0 Å². The van der Waals surface area contributed by atoms with Crippen molar-refractivity contribution >= 4 is 11.9 Å². The molecule has 0 N–H and O–H groups in total. The Kier molecular flexibility index (Phi) is 4.34. The van der Waals surface area contributed by atoms with Crippen LogP contribution in [0.3, 0.4) is 0 Å². The molecule has 4 heteroatoms. The second-order valence-electron chi connectivity index (χ2n) is 11.4. The van der Waals surface area contributed by atoms with Crippen molar-refractivity contribution in [1.29, 1.82) is 0 Å². The molecule has 156 valence electrons. The summed E-state index contributed by atoms with van der Waals surface area (Å²) in [7, 11) is 0. The van der Waals surface area contributed by atoms with Gasteiger partial charge in [-0.3, -0.25) is 0 Å². The smallest absolute Gasteiger partial charge is 0.331 e. The van der Waals surface area contributed by atoms with E-state index in [9.17, 15) is 9.59 Å². The normalized spacial score (nSPS) is 44.9. The van der Waals surface area contributed by atoms with Gasteiger partial charge in [-0.2, -0.15) is 0 Å². The van der Waals surface area contributed by atoms with E-state index in [0.717, 1.165) is 25.7 Å². The van der Waals surface area contributed by atoms with E-state index in [2.05, 4.69) is 41.5 Å². The molecule has 4 aliphatic carbocycles. The first-order chi connectivity index (χ1) is 12.9. The highest BCUT2D eigenvalue weighted by Crippen LogP contribution is 2.67. The molecule has 0 spiro atoms. The number of esters is 2. The molecular weight excluding hydrogens is 352 g/mol. The largest absolute Gasteiger partial charge is 0.459 e. The third kappa shape index (κ3) is 2.55. The molecule has 4 rings (SSSR count). The molecule has 4 nitrogen and oxygen atoms in total. The summed E-state index contributed by atoms with van der Waals surface area (Å²) in [6.45, 7) is 13.7. The van der Waals surface area contributed by atoms with Crippen molar-refractivity contribution < 1.29 is 19.1 Å². The SMILES string of the molecule is CC1(C)C2CCC1(C)C(OC(=O)/C=C/C(=O)OC1CC3CCC1(C)C3(C)C)C2. The molecule has 6 unspecified atom stereocenters. The summed E-state index contributed by atoms with van der Waals surface area (Å²) in [5, 5.41) is 0. The molecule has 0 amide bonds. The van der Waals surface area contributed by atoms with Crippen molar-refractivity contribution in [2.24, 2.45) is 33.5 Å². The quantitative estimate of drug-likeness (QED) is 0.499. The molecule has 4 saturated carbocycles. The van der Waals surface area contributed by atoms with Gasteiger partial charge in [-0.15, -0.1) is 0 Å². The number of rotatable bonds is 4. The summed E-state index contributed by atoms with van der Waals surface area (Å²) >= 11 is 0. The highest BCUT2D eigenvalue weighted by Gasteiger charge is 2.63. The number of hydrogen-bond donors (Lipinski definition) is 0. The number of ether oxygens (including phenoxy) is 2. The van der Waals surface area contributed by atoms with Gasteiger partial charge in [0.15, 0.2) is 0 Å². The van der Waals surface area contributed by atoms with Crippen LogP contribution in [-0.2, 0) is 19.1 Å². The van der Waals surface area contributed by atoms with Crippen molar-refractivity contribution in [2.45, 2.75) is 92.3 Å². The Balaban J connectivity index is 1.33. The molecule has 0 aromatic carbocycles. The standard InChI is InChI=1S/C24H36O4/c1-21(2)15-9-11-23(21,5)17(13-15)27-19(25)7-8-20(26)28-18-14-16-10-12-24(18,6)22(16,3)4/h7-8,15-18H,9-14H2,1-6H3/b8-7+. The van der Waals surface area contributed by atoms with E-state index in [1.807, 2.05) is 0 Å². The summed E-state index contributed by atoms with van der Waals surface area (Å²) in [5.74, 6) is 0.384. The van der Waals surface area contributed by atoms with Crippen LogP contribution in [0.25, 0.3) is 0 Å². The van der Waals surface area contributed by atoms with Crippen molar-refractivity contribution in [3.63, 3.8) is 0 Å². The summed E-state index contributed by atoms with van der Waals surface area (Å²) in [6.07, 6.45) is 8.91. The first-order valence-electron chi connectivity index (χ1n) is 11.0. The predicted octanol–water partition coefficient (Wildman–Crippen LogP) is 5.06. The second kappa shape index (κ2) is 6.09. The maximum Gasteiger partial charge on any atom is 0.331 e. The summed E-state index contributed by atoms with van der Waals surface area (Å²) in [6, 6.07) is 0. The van der Waals surface area contributed by atoms with Crippen LogP contribution in [0.4, 0.5) is 0 Å². The minimum Gasteiger partial charge on any atom is -0.459 e. The van der Waals surface area contributed by atoms with Crippen molar-refractivity contribution in [2.75, 3.05) is 0 Å². The summed E-state index contributed by atoms with van der Waals surface area (Å²) < 4.78 is 11.5. The number of fused-ring (bicyclic) bond motifs is 4. The molecule has 0 aliphatic heterocycles. The highest BCUT2D eigenvalue weighted by atomic mass is 16.6. The van der Waals surface area contributed by atoms with Crippen molar-refractivity contribution in [3.05, 3.63) is 12.2 Å². The van der Waals surface area contributed by atoms with Gasteiger partial charge in [-0.05, 0) is 61.2 Å². The Morgan fingerprint density at radius 2 is 1.07 bits per heavy atom. The summed E-state index contributed by atoms with van der Waals surface area (Å²) in [5.41, 5.74) is 0.463. The Morgan fingerprint density at radius 3 is 1.32 bits per heavy atom. The molecule has 28 heavy (non-hydrogen) atoms. The van der Waals surface area contributed by atoms with Crippen LogP contribution >= 0.6 is 0 Å². The van der Waals surface area contributed by atoms with E-state index in [4.69, 9.17) is 9.47 Å². The van der Waals surface area contributed by atoms with Crippen LogP contribution in [0.5, 0.6) is 0 Å². The molecule has 0 heterocycles. The lowest BCUT2D eigenvalue weighted by Crippen LogP contribution is -2.38. The van der Waals surface area contributed by atoms with E-state index in [-0.39, 0.29) is 33.9 Å². The highest BCUT2D eigenvalue weighted by molar-refractivity contribution is 5.91. The maximum absolute atomic E-state index is 12.3. The molecule has 0 saturated heterocycles. The Hall–Kier alpha value is -1.32. The molecule has 4 fully saturated rings. The summed E-state index contributed by atoms with van der Waals surface area (Å²) in [4.78, 5) is 24.7. The zero-order valence-electron chi connectivity index (χ0n) is 18.3. The first kappa shape index (κ1) is 20.0. The lowest BCUT2D eigenvalue weighted by atomic mass is 9.70. The molecule has 4 aliphatic rings. The molecule has 0 aromatic heterocycles. The average Bonchev–Trinajstić information content (AvgIpc) is 3.12. The van der Waals surface area contributed by atoms with Crippen LogP contribution in [0.1, 0.15) is 80.1 Å². The molecular formula is C24H36O4. The van der Waals surface area contributed by atoms with Crippen LogP contribution in [0.2, 0.25) is 0 Å². The molecule has 0 radical (unpaired) electrons. The third-order valence-corrected chi connectivity index (χ3v) is 10.3. The average molecular weight is 389 g/mol. The number of carbonyl (C=O) groups excluding carboxylic acids is 2. The fourth-order valence-corrected chi connectivity index (χ4v) is 7.11. The van der Waals surface area contributed by atoms with Gasteiger partial charge in [0.25, 0.3) is 0 Å². The fraction of sp³-hybridized carbons (Fsp3) is 0.833. The molecule has 0 aromatic rings. The van der Waals surface area contributed by atoms with Crippen LogP contribution in [0, 0.1) is 33.5 Å². The van der Waals surface area contributed by atoms with Gasteiger partial charge in [0.2, 0.25) is 0 Å². The van der Waals surface area contributed by atoms with Gasteiger partial charge in [0.05, 0.1) is 0 Å².